The first-order valence-electron chi connectivity index (χ1n) is 17.2. The van der Waals surface area contributed by atoms with Crippen LogP contribution in [0, 0.1) is 0 Å². The molecular weight excluding hydrogens is 621 g/mol. The van der Waals surface area contributed by atoms with Crippen molar-refractivity contribution in [3.8, 4) is 51.0 Å². The highest BCUT2D eigenvalue weighted by atomic mass is 15.0. The summed E-state index contributed by atoms with van der Waals surface area (Å²) in [6.07, 6.45) is 0. The maximum Gasteiger partial charge on any atom is 0.164 e. The van der Waals surface area contributed by atoms with Crippen LogP contribution in [-0.2, 0) is 0 Å². The third kappa shape index (κ3) is 4.88. The summed E-state index contributed by atoms with van der Waals surface area (Å²) in [6, 6.07) is 64.0. The van der Waals surface area contributed by atoms with Crippen LogP contribution in [0.5, 0.6) is 0 Å². The molecule has 2 aromatic heterocycles. The van der Waals surface area contributed by atoms with Crippen molar-refractivity contribution in [1.82, 2.24) is 19.5 Å². The van der Waals surface area contributed by atoms with E-state index < -0.39 is 0 Å². The highest BCUT2D eigenvalue weighted by Crippen LogP contribution is 2.42. The van der Waals surface area contributed by atoms with Gasteiger partial charge in [0.05, 0.1) is 16.7 Å². The third-order valence-electron chi connectivity index (χ3n) is 9.82. The Labute approximate surface area is 295 Å². The summed E-state index contributed by atoms with van der Waals surface area (Å²) in [4.78, 5) is 15.3. The van der Waals surface area contributed by atoms with E-state index in [0.717, 1.165) is 44.3 Å². The Morgan fingerprint density at radius 1 is 0.333 bits per heavy atom. The summed E-state index contributed by atoms with van der Waals surface area (Å²) in [5, 5.41) is 7.12. The minimum Gasteiger partial charge on any atom is -0.309 e. The fourth-order valence-electron chi connectivity index (χ4n) is 7.47. The normalized spacial score (nSPS) is 11.5. The Morgan fingerprint density at radius 2 is 0.882 bits per heavy atom. The average Bonchev–Trinajstić information content (AvgIpc) is 3.53. The first kappa shape index (κ1) is 29.0. The van der Waals surface area contributed by atoms with Crippen molar-refractivity contribution in [3.63, 3.8) is 0 Å². The van der Waals surface area contributed by atoms with Crippen LogP contribution < -0.4 is 0 Å². The van der Waals surface area contributed by atoms with Crippen LogP contribution in [0.25, 0.3) is 94.3 Å². The van der Waals surface area contributed by atoms with E-state index in [9.17, 15) is 0 Å². The number of hydrogen-bond acceptors (Lipinski definition) is 3. The van der Waals surface area contributed by atoms with Crippen molar-refractivity contribution in [2.45, 2.75) is 0 Å². The zero-order valence-corrected chi connectivity index (χ0v) is 27.6. The average molecular weight is 651 g/mol. The molecule has 0 radical (unpaired) electrons. The molecule has 238 valence electrons. The smallest absolute Gasteiger partial charge is 0.164 e. The van der Waals surface area contributed by atoms with Gasteiger partial charge >= 0.3 is 0 Å². The summed E-state index contributed by atoms with van der Waals surface area (Å²) < 4.78 is 2.43. The molecule has 0 fully saturated rings. The molecule has 0 N–H and O–H groups in total. The summed E-state index contributed by atoms with van der Waals surface area (Å²) in [7, 11) is 0. The van der Waals surface area contributed by atoms with Crippen molar-refractivity contribution >= 4 is 43.4 Å². The van der Waals surface area contributed by atoms with Crippen LogP contribution in [0.2, 0.25) is 0 Å². The van der Waals surface area contributed by atoms with Crippen molar-refractivity contribution in [2.75, 3.05) is 0 Å². The molecule has 0 saturated carbocycles. The van der Waals surface area contributed by atoms with Crippen molar-refractivity contribution in [3.05, 3.63) is 182 Å². The molecule has 0 aliphatic rings. The standard InChI is InChI=1S/C47H30N4/c1-4-15-31(16-5-1)36-24-14-25-38-42(51-41-26-13-12-23-37(41)40-29-34-21-10-11-22-35(34)30-43(40)51)28-27-39(44(36)38)47-49-45(32-17-6-2-7-18-32)48-46(50-47)33-19-8-3-9-20-33/h1-30H. The highest BCUT2D eigenvalue weighted by Gasteiger charge is 2.21. The van der Waals surface area contributed by atoms with E-state index in [1.54, 1.807) is 0 Å². The van der Waals surface area contributed by atoms with E-state index in [1.807, 2.05) is 36.4 Å². The van der Waals surface area contributed by atoms with Gasteiger partial charge in [0.15, 0.2) is 17.5 Å². The number of rotatable bonds is 5. The van der Waals surface area contributed by atoms with E-state index in [-0.39, 0.29) is 0 Å². The minimum atomic E-state index is 0.635. The van der Waals surface area contributed by atoms with Gasteiger partial charge in [-0.2, -0.15) is 0 Å². The van der Waals surface area contributed by atoms with Crippen LogP contribution in [0.1, 0.15) is 0 Å². The lowest BCUT2D eigenvalue weighted by atomic mass is 9.93. The first-order chi connectivity index (χ1) is 25.3. The number of para-hydroxylation sites is 1. The fourth-order valence-corrected chi connectivity index (χ4v) is 7.47. The summed E-state index contributed by atoms with van der Waals surface area (Å²) in [5.74, 6) is 1.92. The molecule has 0 saturated heterocycles. The van der Waals surface area contributed by atoms with Gasteiger partial charge in [0.2, 0.25) is 0 Å². The third-order valence-corrected chi connectivity index (χ3v) is 9.82. The van der Waals surface area contributed by atoms with Gasteiger partial charge in [-0.15, -0.1) is 0 Å². The first-order valence-corrected chi connectivity index (χ1v) is 17.2. The molecule has 2 heterocycles. The maximum absolute atomic E-state index is 5.18. The van der Waals surface area contributed by atoms with Crippen molar-refractivity contribution in [1.29, 1.82) is 0 Å². The van der Waals surface area contributed by atoms with E-state index in [4.69, 9.17) is 15.0 Å². The molecule has 0 amide bonds. The van der Waals surface area contributed by atoms with E-state index >= 15 is 0 Å². The second-order valence-electron chi connectivity index (χ2n) is 12.8. The van der Waals surface area contributed by atoms with Crippen LogP contribution in [0.15, 0.2) is 182 Å². The molecule has 0 unspecified atom stereocenters. The Kier molecular flexibility index (Phi) is 6.78. The van der Waals surface area contributed by atoms with Gasteiger partial charge in [0.25, 0.3) is 0 Å². The number of fused-ring (bicyclic) bond motifs is 5. The van der Waals surface area contributed by atoms with Gasteiger partial charge < -0.3 is 4.57 Å². The summed E-state index contributed by atoms with van der Waals surface area (Å²) in [5.41, 5.74) is 8.55. The number of benzene rings is 8. The molecule has 10 rings (SSSR count). The largest absolute Gasteiger partial charge is 0.309 e. The molecule has 8 aromatic carbocycles. The summed E-state index contributed by atoms with van der Waals surface area (Å²) in [6.45, 7) is 0. The molecular formula is C47H30N4. The van der Waals surface area contributed by atoms with Crippen LogP contribution in [0.3, 0.4) is 0 Å². The van der Waals surface area contributed by atoms with Crippen LogP contribution in [0.4, 0.5) is 0 Å². The monoisotopic (exact) mass is 650 g/mol. The SMILES string of the molecule is c1ccc(-c2nc(-c3ccccc3)nc(-c3ccc(-n4c5ccccc5c5cc6ccccc6cc54)c4cccc(-c5ccccc5)c34)n2)cc1. The van der Waals surface area contributed by atoms with E-state index in [2.05, 4.69) is 150 Å². The second-order valence-corrected chi connectivity index (χ2v) is 12.8. The fraction of sp³-hybridized carbons (Fsp3) is 0. The second kappa shape index (κ2) is 11.9. The molecule has 4 heteroatoms. The Morgan fingerprint density at radius 3 is 1.57 bits per heavy atom. The molecule has 10 aromatic rings. The zero-order chi connectivity index (χ0) is 33.7. The number of hydrogen-bond donors (Lipinski definition) is 0. The lowest BCUT2D eigenvalue weighted by Crippen LogP contribution is -2.02. The van der Waals surface area contributed by atoms with Gasteiger partial charge in [-0.25, -0.2) is 15.0 Å². The van der Waals surface area contributed by atoms with Crippen molar-refractivity contribution < 1.29 is 0 Å². The van der Waals surface area contributed by atoms with E-state index in [0.29, 0.717) is 17.5 Å². The van der Waals surface area contributed by atoms with Gasteiger partial charge in [-0.1, -0.05) is 152 Å². The Bertz CT molecular complexity index is 2840. The quantitative estimate of drug-likeness (QED) is 0.186. The maximum atomic E-state index is 5.18. The predicted octanol–water partition coefficient (Wildman–Crippen LogP) is 11.9. The molecule has 0 aliphatic carbocycles. The molecule has 51 heavy (non-hydrogen) atoms. The highest BCUT2D eigenvalue weighted by molar-refractivity contribution is 6.16. The Hall–Kier alpha value is -6.91. The number of aromatic nitrogens is 4. The van der Waals surface area contributed by atoms with Gasteiger partial charge in [-0.05, 0) is 52.2 Å². The molecule has 4 nitrogen and oxygen atoms in total. The molecule has 0 atom stereocenters. The predicted molar refractivity (Wildman–Crippen MR) is 211 cm³/mol. The molecule has 0 bridgehead atoms. The lowest BCUT2D eigenvalue weighted by Gasteiger charge is -2.18. The van der Waals surface area contributed by atoms with Crippen LogP contribution in [-0.4, -0.2) is 19.5 Å². The van der Waals surface area contributed by atoms with Crippen molar-refractivity contribution in [2.24, 2.45) is 0 Å². The molecule has 0 aliphatic heterocycles. The van der Waals surface area contributed by atoms with Gasteiger partial charge in [0, 0.05) is 38.2 Å². The van der Waals surface area contributed by atoms with Crippen LogP contribution >= 0.6 is 0 Å². The number of nitrogens with zero attached hydrogens (tertiary/aromatic N) is 4. The topological polar surface area (TPSA) is 43.6 Å². The van der Waals surface area contributed by atoms with Gasteiger partial charge in [0.1, 0.15) is 0 Å². The van der Waals surface area contributed by atoms with Gasteiger partial charge in [-0.3, -0.25) is 0 Å². The lowest BCUT2D eigenvalue weighted by molar-refractivity contribution is 1.08. The molecule has 0 spiro atoms. The minimum absolute atomic E-state index is 0.635. The zero-order valence-electron chi connectivity index (χ0n) is 27.6. The Balaban J connectivity index is 1.31. The summed E-state index contributed by atoms with van der Waals surface area (Å²) >= 11 is 0. The van der Waals surface area contributed by atoms with E-state index in [1.165, 1.54) is 32.6 Å².